The summed E-state index contributed by atoms with van der Waals surface area (Å²) in [7, 11) is 0. The van der Waals surface area contributed by atoms with Crippen LogP contribution in [0.2, 0.25) is 0 Å². The molecule has 1 N–H and O–H groups in total. The van der Waals surface area contributed by atoms with Gasteiger partial charge in [0.15, 0.2) is 3.95 Å². The zero-order valence-electron chi connectivity index (χ0n) is 10.6. The topological polar surface area (TPSA) is 37.5 Å². The molecule has 0 saturated carbocycles. The molecule has 100 valence electrons. The van der Waals surface area contributed by atoms with Crippen LogP contribution in [0.5, 0.6) is 5.88 Å². The van der Waals surface area contributed by atoms with Crippen LogP contribution in [0.1, 0.15) is 10.4 Å². The Morgan fingerprint density at radius 1 is 1.40 bits per heavy atom. The summed E-state index contributed by atoms with van der Waals surface area (Å²) in [6, 6.07) is 7.93. The highest BCUT2D eigenvalue weighted by molar-refractivity contribution is 7.73. The van der Waals surface area contributed by atoms with Gasteiger partial charge in [-0.15, -0.1) is 17.9 Å². The summed E-state index contributed by atoms with van der Waals surface area (Å²) in [4.78, 5) is 5.10. The molecule has 1 aromatic heterocycles. The number of aromatic nitrogens is 1. The highest BCUT2D eigenvalue weighted by Crippen LogP contribution is 2.35. The van der Waals surface area contributed by atoms with Gasteiger partial charge in [-0.25, -0.2) is 0 Å². The van der Waals surface area contributed by atoms with Gasteiger partial charge < -0.3 is 5.11 Å². The third kappa shape index (κ3) is 2.15. The van der Waals surface area contributed by atoms with Gasteiger partial charge in [-0.1, -0.05) is 24.3 Å². The molecule has 1 aliphatic heterocycles. The monoisotopic (exact) mass is 300 g/mol. The maximum atomic E-state index is 10.2. The van der Waals surface area contributed by atoms with Crippen molar-refractivity contribution in [1.82, 2.24) is 4.57 Å². The minimum Gasteiger partial charge on any atom is -0.493 e. The summed E-state index contributed by atoms with van der Waals surface area (Å²) in [5.41, 5.74) is 3.01. The molecule has 0 bridgehead atoms. The summed E-state index contributed by atoms with van der Waals surface area (Å²) in [6.07, 6.45) is 5.45. The zero-order valence-corrected chi connectivity index (χ0v) is 12.2. The second-order valence-electron chi connectivity index (χ2n) is 4.33. The maximum absolute atomic E-state index is 10.2. The van der Waals surface area contributed by atoms with Crippen LogP contribution in [-0.2, 0) is 6.54 Å². The van der Waals surface area contributed by atoms with Gasteiger partial charge in [0, 0.05) is 23.9 Å². The SMILES string of the molecule is C=CCn1c(O)c(/C=C2\C=Nc3ccccc32)sc1=S. The van der Waals surface area contributed by atoms with E-state index in [-0.39, 0.29) is 5.88 Å². The number of para-hydroxylation sites is 1. The van der Waals surface area contributed by atoms with Gasteiger partial charge in [0.2, 0.25) is 5.88 Å². The zero-order chi connectivity index (χ0) is 14.1. The first kappa shape index (κ1) is 13.0. The van der Waals surface area contributed by atoms with Crippen LogP contribution in [0.3, 0.4) is 0 Å². The molecule has 0 fully saturated rings. The molecule has 0 spiro atoms. The first-order valence-electron chi connectivity index (χ1n) is 6.09. The predicted octanol–water partition coefficient (Wildman–Crippen LogP) is 4.43. The molecule has 0 aliphatic carbocycles. The third-order valence-corrected chi connectivity index (χ3v) is 4.44. The quantitative estimate of drug-likeness (QED) is 0.672. The van der Waals surface area contributed by atoms with Gasteiger partial charge in [0.05, 0.1) is 10.6 Å². The normalized spacial score (nSPS) is 14.7. The van der Waals surface area contributed by atoms with Crippen molar-refractivity contribution in [3.05, 3.63) is 51.3 Å². The first-order chi connectivity index (χ1) is 9.70. The molecule has 1 aromatic carbocycles. The Morgan fingerprint density at radius 2 is 2.20 bits per heavy atom. The van der Waals surface area contributed by atoms with E-state index in [1.165, 1.54) is 11.3 Å². The molecular weight excluding hydrogens is 288 g/mol. The van der Waals surface area contributed by atoms with E-state index in [2.05, 4.69) is 11.6 Å². The van der Waals surface area contributed by atoms with E-state index in [9.17, 15) is 5.11 Å². The number of fused-ring (bicyclic) bond motifs is 1. The van der Waals surface area contributed by atoms with Crippen LogP contribution < -0.4 is 0 Å². The minimum absolute atomic E-state index is 0.185. The number of thiazole rings is 1. The van der Waals surface area contributed by atoms with E-state index in [1.54, 1.807) is 10.6 Å². The van der Waals surface area contributed by atoms with Crippen LogP contribution in [0.15, 0.2) is 41.9 Å². The van der Waals surface area contributed by atoms with E-state index >= 15 is 0 Å². The van der Waals surface area contributed by atoms with E-state index in [1.807, 2.05) is 36.6 Å². The fraction of sp³-hybridized carbons (Fsp3) is 0.0667. The molecule has 0 amide bonds. The third-order valence-electron chi connectivity index (χ3n) is 3.05. The molecular formula is C15H12N2OS2. The van der Waals surface area contributed by atoms with Crippen LogP contribution >= 0.6 is 23.6 Å². The summed E-state index contributed by atoms with van der Waals surface area (Å²) in [5, 5.41) is 10.2. The molecule has 2 heterocycles. The van der Waals surface area contributed by atoms with E-state index < -0.39 is 0 Å². The van der Waals surface area contributed by atoms with Crippen LogP contribution in [0.25, 0.3) is 11.6 Å². The Morgan fingerprint density at radius 3 is 3.00 bits per heavy atom. The average Bonchev–Trinajstić information content (AvgIpc) is 2.97. The van der Waals surface area contributed by atoms with Crippen molar-refractivity contribution in [2.75, 3.05) is 0 Å². The second kappa shape index (κ2) is 5.19. The Kier molecular flexibility index (Phi) is 3.38. The summed E-state index contributed by atoms with van der Waals surface area (Å²) < 4.78 is 2.30. The van der Waals surface area contributed by atoms with Crippen molar-refractivity contribution in [3.8, 4) is 5.88 Å². The fourth-order valence-corrected chi connectivity index (χ4v) is 3.37. The first-order valence-corrected chi connectivity index (χ1v) is 7.32. The molecule has 3 rings (SSSR count). The Bertz CT molecular complexity index is 796. The molecule has 1 aliphatic rings. The molecule has 2 aromatic rings. The van der Waals surface area contributed by atoms with Crippen LogP contribution in [-0.4, -0.2) is 15.9 Å². The fourth-order valence-electron chi connectivity index (χ4n) is 2.09. The number of benzene rings is 1. The summed E-state index contributed by atoms with van der Waals surface area (Å²) in [5.74, 6) is 0.185. The molecule has 0 atom stereocenters. The average molecular weight is 300 g/mol. The highest BCUT2D eigenvalue weighted by Gasteiger charge is 2.14. The molecule has 0 unspecified atom stereocenters. The molecule has 20 heavy (non-hydrogen) atoms. The number of allylic oxidation sites excluding steroid dienone is 2. The lowest BCUT2D eigenvalue weighted by Gasteiger charge is -2.00. The number of aromatic hydroxyl groups is 1. The van der Waals surface area contributed by atoms with Crippen molar-refractivity contribution >= 4 is 47.1 Å². The number of hydrogen-bond donors (Lipinski definition) is 1. The van der Waals surface area contributed by atoms with Crippen molar-refractivity contribution in [2.24, 2.45) is 4.99 Å². The van der Waals surface area contributed by atoms with Crippen LogP contribution in [0, 0.1) is 3.95 Å². The predicted molar refractivity (Wildman–Crippen MR) is 87.5 cm³/mol. The largest absolute Gasteiger partial charge is 0.493 e. The van der Waals surface area contributed by atoms with Crippen molar-refractivity contribution in [2.45, 2.75) is 6.54 Å². The molecule has 0 saturated heterocycles. The lowest BCUT2D eigenvalue weighted by molar-refractivity contribution is 0.424. The van der Waals surface area contributed by atoms with Crippen LogP contribution in [0.4, 0.5) is 5.69 Å². The van der Waals surface area contributed by atoms with Gasteiger partial charge >= 0.3 is 0 Å². The smallest absolute Gasteiger partial charge is 0.210 e. The van der Waals surface area contributed by atoms with Crippen molar-refractivity contribution < 1.29 is 5.11 Å². The van der Waals surface area contributed by atoms with E-state index in [0.717, 1.165) is 21.7 Å². The van der Waals surface area contributed by atoms with Gasteiger partial charge in [-0.05, 0) is 24.4 Å². The molecule has 0 radical (unpaired) electrons. The second-order valence-corrected chi connectivity index (χ2v) is 6.01. The van der Waals surface area contributed by atoms with Crippen molar-refractivity contribution in [1.29, 1.82) is 0 Å². The van der Waals surface area contributed by atoms with Gasteiger partial charge in [0.25, 0.3) is 0 Å². The van der Waals surface area contributed by atoms with Gasteiger partial charge in [-0.2, -0.15) is 0 Å². The van der Waals surface area contributed by atoms with Crippen molar-refractivity contribution in [3.63, 3.8) is 0 Å². The standard InChI is InChI=1S/C15H12N2OS2/c1-2-7-17-14(18)13(20-15(17)19)8-10-9-16-12-6-4-3-5-11(10)12/h2-6,8-9,18H,1,7H2/b10-8+. The minimum atomic E-state index is 0.185. The number of nitrogens with zero attached hydrogens (tertiary/aromatic N) is 2. The lowest BCUT2D eigenvalue weighted by Crippen LogP contribution is -1.93. The lowest BCUT2D eigenvalue weighted by atomic mass is 10.1. The van der Waals surface area contributed by atoms with Gasteiger partial charge in [0.1, 0.15) is 0 Å². The molecule has 5 heteroatoms. The summed E-state index contributed by atoms with van der Waals surface area (Å²) >= 11 is 6.64. The van der Waals surface area contributed by atoms with E-state index in [0.29, 0.717) is 10.5 Å². The molecule has 3 nitrogen and oxygen atoms in total. The Balaban J connectivity index is 2.07. The van der Waals surface area contributed by atoms with Gasteiger partial charge in [-0.3, -0.25) is 9.56 Å². The maximum Gasteiger partial charge on any atom is 0.210 e. The number of rotatable bonds is 3. The number of aliphatic imine (C=N–C) groups is 1. The Hall–Kier alpha value is -1.98. The summed E-state index contributed by atoms with van der Waals surface area (Å²) in [6.45, 7) is 4.18. The Labute approximate surface area is 125 Å². The highest BCUT2D eigenvalue weighted by atomic mass is 32.1. The number of hydrogen-bond acceptors (Lipinski definition) is 4. The van der Waals surface area contributed by atoms with E-state index in [4.69, 9.17) is 12.2 Å².